The van der Waals surface area contributed by atoms with Crippen molar-refractivity contribution in [1.29, 1.82) is 0 Å². The smallest absolute Gasteiger partial charge is 0.133 e. The number of fused-ring (bicyclic) bond motifs is 1. The lowest BCUT2D eigenvalue weighted by atomic mass is 9.95. The fraction of sp³-hybridized carbons (Fsp3) is 0.407. The van der Waals surface area contributed by atoms with Gasteiger partial charge in [0.05, 0.1) is 5.69 Å². The third-order valence-electron chi connectivity index (χ3n) is 6.09. The summed E-state index contributed by atoms with van der Waals surface area (Å²) >= 11 is 3.75. The number of anilines is 4. The number of halogens is 1. The molecule has 0 fully saturated rings. The minimum atomic E-state index is 0.350. The monoisotopic (exact) mass is 509 g/mol. The fourth-order valence-electron chi connectivity index (χ4n) is 4.36. The molecule has 33 heavy (non-hydrogen) atoms. The van der Waals surface area contributed by atoms with Gasteiger partial charge >= 0.3 is 0 Å². The first-order valence-corrected chi connectivity index (χ1v) is 12.8. The van der Waals surface area contributed by atoms with Crippen LogP contribution in [0.2, 0.25) is 0 Å². The predicted octanol–water partition coefficient (Wildman–Crippen LogP) is 7.11. The highest BCUT2D eigenvalue weighted by Crippen LogP contribution is 2.34. The Morgan fingerprint density at radius 3 is 2.52 bits per heavy atom. The number of rotatable bonds is 6. The number of aromatic nitrogens is 2. The number of nitrogens with zero attached hydrogens (tertiary/aromatic N) is 4. The van der Waals surface area contributed by atoms with Crippen LogP contribution in [0.4, 0.5) is 23.0 Å². The van der Waals surface area contributed by atoms with Crippen LogP contribution in [-0.2, 0) is 13.0 Å². The summed E-state index contributed by atoms with van der Waals surface area (Å²) in [6, 6.07) is 13.1. The zero-order chi connectivity index (χ0) is 24.0. The van der Waals surface area contributed by atoms with Crippen molar-refractivity contribution in [2.45, 2.75) is 60.5 Å². The van der Waals surface area contributed by atoms with Gasteiger partial charge in [0.1, 0.15) is 11.6 Å². The molecule has 4 rings (SSSR count). The molecule has 0 spiro atoms. The predicted molar refractivity (Wildman–Crippen MR) is 145 cm³/mol. The number of pyridine rings is 2. The number of aryl methyl sites for hydroxylation is 1. The average molecular weight is 511 g/mol. The molecule has 1 aromatic carbocycles. The number of hydrogen-bond donors (Lipinski definition) is 1. The van der Waals surface area contributed by atoms with E-state index < -0.39 is 0 Å². The summed E-state index contributed by atoms with van der Waals surface area (Å²) in [6.45, 7) is 15.6. The highest BCUT2D eigenvalue weighted by atomic mass is 79.9. The third-order valence-corrected chi connectivity index (χ3v) is 6.73. The summed E-state index contributed by atoms with van der Waals surface area (Å²) in [5, 5.41) is 3.57. The van der Waals surface area contributed by atoms with E-state index in [-0.39, 0.29) is 0 Å². The number of nitrogens with one attached hydrogen (secondary N) is 1. The van der Waals surface area contributed by atoms with Crippen molar-refractivity contribution in [1.82, 2.24) is 9.97 Å². The summed E-state index contributed by atoms with van der Waals surface area (Å²) < 4.78 is 1.09. The maximum absolute atomic E-state index is 4.69. The van der Waals surface area contributed by atoms with E-state index in [1.54, 1.807) is 0 Å². The van der Waals surface area contributed by atoms with Crippen LogP contribution in [0.25, 0.3) is 0 Å². The molecule has 5 nitrogen and oxygen atoms in total. The molecule has 0 saturated carbocycles. The molecule has 6 heteroatoms. The van der Waals surface area contributed by atoms with E-state index >= 15 is 0 Å². The third kappa shape index (κ3) is 5.49. The molecule has 1 unspecified atom stereocenters. The Hall–Kier alpha value is -2.60. The Bertz CT molecular complexity index is 1060. The molecule has 0 bridgehead atoms. The van der Waals surface area contributed by atoms with Crippen molar-refractivity contribution >= 4 is 38.9 Å². The molecule has 0 amide bonds. The molecule has 1 aliphatic rings. The second kappa shape index (κ2) is 11.5. The normalized spacial score (nSPS) is 14.8. The molecule has 176 valence electrons. The summed E-state index contributed by atoms with van der Waals surface area (Å²) in [7, 11) is 0. The minimum Gasteiger partial charge on any atom is -0.371 e. The number of hydrogen-bond acceptors (Lipinski definition) is 5. The van der Waals surface area contributed by atoms with Crippen molar-refractivity contribution in [2.75, 3.05) is 28.2 Å². The van der Waals surface area contributed by atoms with Gasteiger partial charge in [-0.2, -0.15) is 0 Å². The van der Waals surface area contributed by atoms with E-state index in [0.717, 1.165) is 47.9 Å². The van der Waals surface area contributed by atoms with Gasteiger partial charge in [0, 0.05) is 53.8 Å². The van der Waals surface area contributed by atoms with Crippen LogP contribution >= 0.6 is 15.9 Å². The van der Waals surface area contributed by atoms with Crippen LogP contribution in [0.3, 0.4) is 0 Å². The van der Waals surface area contributed by atoms with Gasteiger partial charge in [-0.25, -0.2) is 9.97 Å². The van der Waals surface area contributed by atoms with Crippen LogP contribution in [-0.4, -0.2) is 29.1 Å². The largest absolute Gasteiger partial charge is 0.371 e. The highest BCUT2D eigenvalue weighted by molar-refractivity contribution is 9.10. The van der Waals surface area contributed by atoms with E-state index in [2.05, 4.69) is 99.0 Å². The summed E-state index contributed by atoms with van der Waals surface area (Å²) in [6.07, 6.45) is 4.71. The van der Waals surface area contributed by atoms with E-state index in [9.17, 15) is 0 Å². The minimum absolute atomic E-state index is 0.350. The van der Waals surface area contributed by atoms with Gasteiger partial charge in [-0.05, 0) is 91.5 Å². The molecule has 2 aromatic heterocycles. The quantitative estimate of drug-likeness (QED) is 0.383. The number of benzene rings is 1. The van der Waals surface area contributed by atoms with Crippen LogP contribution in [0, 0.1) is 6.92 Å². The summed E-state index contributed by atoms with van der Waals surface area (Å²) in [5.74, 6) is 2.02. The van der Waals surface area contributed by atoms with Gasteiger partial charge in [0.15, 0.2) is 0 Å². The van der Waals surface area contributed by atoms with Crippen LogP contribution in [0.5, 0.6) is 0 Å². The Kier molecular flexibility index (Phi) is 8.73. The maximum Gasteiger partial charge on any atom is 0.133 e. The lowest BCUT2D eigenvalue weighted by molar-refractivity contribution is 0.585. The topological polar surface area (TPSA) is 44.3 Å². The Balaban J connectivity index is 0.00000149. The zero-order valence-corrected chi connectivity index (χ0v) is 22.3. The first-order chi connectivity index (χ1) is 16.0. The summed E-state index contributed by atoms with van der Waals surface area (Å²) in [5.41, 5.74) is 6.07. The lowest BCUT2D eigenvalue weighted by Gasteiger charge is -2.37. The Morgan fingerprint density at radius 2 is 1.85 bits per heavy atom. The fourth-order valence-corrected chi connectivity index (χ4v) is 4.99. The molecule has 3 heterocycles. The van der Waals surface area contributed by atoms with Crippen molar-refractivity contribution in [3.8, 4) is 0 Å². The van der Waals surface area contributed by atoms with Gasteiger partial charge in [-0.1, -0.05) is 19.9 Å². The molecule has 0 saturated heterocycles. The van der Waals surface area contributed by atoms with Gasteiger partial charge in [-0.15, -0.1) is 0 Å². The zero-order valence-electron chi connectivity index (χ0n) is 20.7. The maximum atomic E-state index is 4.69. The lowest BCUT2D eigenvalue weighted by Crippen LogP contribution is -2.39. The van der Waals surface area contributed by atoms with E-state index in [1.807, 2.05) is 32.3 Å². The summed E-state index contributed by atoms with van der Waals surface area (Å²) in [4.78, 5) is 14.1. The van der Waals surface area contributed by atoms with E-state index in [0.29, 0.717) is 6.04 Å². The van der Waals surface area contributed by atoms with Gasteiger partial charge < -0.3 is 15.1 Å². The molecular weight excluding hydrogens is 474 g/mol. The standard InChI is InChI=1S/C25H30BrN5.C2H6/c1-5-30(6-2)23-10-9-20(15-22(23)26)29-24-21-14-18(4)31(16-19(21)11-13-27-24)25-17(3)8-7-12-28-25;1-2/h7-13,15,18H,5-6,14,16H2,1-4H3,(H,27,29);1-2H3. The molecule has 1 aliphatic heterocycles. The molecule has 1 atom stereocenters. The molecule has 3 aromatic rings. The van der Waals surface area contributed by atoms with Gasteiger partial charge in [0.2, 0.25) is 0 Å². The highest BCUT2D eigenvalue weighted by Gasteiger charge is 2.27. The SMILES string of the molecule is CC.CCN(CC)c1ccc(Nc2nccc3c2CC(C)N(c2ncccc2C)C3)cc1Br. The Morgan fingerprint density at radius 1 is 1.09 bits per heavy atom. The van der Waals surface area contributed by atoms with Gasteiger partial charge in [-0.3, -0.25) is 0 Å². The molecule has 0 aliphatic carbocycles. The van der Waals surface area contributed by atoms with Crippen LogP contribution in [0.1, 0.15) is 51.3 Å². The van der Waals surface area contributed by atoms with E-state index in [4.69, 9.17) is 0 Å². The van der Waals surface area contributed by atoms with Crippen LogP contribution in [0.15, 0.2) is 53.3 Å². The van der Waals surface area contributed by atoms with Crippen molar-refractivity contribution in [2.24, 2.45) is 0 Å². The Labute approximate surface area is 207 Å². The first kappa shape index (κ1) is 25.0. The molecule has 0 radical (unpaired) electrons. The second-order valence-corrected chi connectivity index (χ2v) is 8.94. The molecule has 1 N–H and O–H groups in total. The van der Waals surface area contributed by atoms with Crippen molar-refractivity contribution in [3.63, 3.8) is 0 Å². The van der Waals surface area contributed by atoms with Crippen molar-refractivity contribution in [3.05, 3.63) is 70.0 Å². The van der Waals surface area contributed by atoms with E-state index in [1.165, 1.54) is 22.4 Å². The second-order valence-electron chi connectivity index (χ2n) is 8.09. The molecular formula is C27H36BrN5. The first-order valence-electron chi connectivity index (χ1n) is 12.0. The van der Waals surface area contributed by atoms with Crippen molar-refractivity contribution < 1.29 is 0 Å². The average Bonchev–Trinajstić information content (AvgIpc) is 2.83. The van der Waals surface area contributed by atoms with Crippen LogP contribution < -0.4 is 15.1 Å². The van der Waals surface area contributed by atoms with Gasteiger partial charge in [0.25, 0.3) is 0 Å².